The standard InChI is InChI=1S/C29H30N6O2/c1-17-11-19(3)26-23(12-17)18(2)13-24(33-26)35-27(21(14-30)15-32-35)34-25(36)16-31-28(37)20-7-9-22(10-8-20)29(4,5)6/h7-13,15H,16H2,1-6H3,(H,31,37)(H,34,36). The molecule has 8 heteroatoms. The zero-order chi connectivity index (χ0) is 26.9. The van der Waals surface area contributed by atoms with Crippen LogP contribution in [-0.4, -0.2) is 33.1 Å². The maximum atomic E-state index is 12.8. The van der Waals surface area contributed by atoms with Crippen LogP contribution in [0, 0.1) is 32.1 Å². The summed E-state index contributed by atoms with van der Waals surface area (Å²) in [6, 6.07) is 15.4. The van der Waals surface area contributed by atoms with Gasteiger partial charge in [0, 0.05) is 10.9 Å². The molecule has 188 valence electrons. The molecule has 4 aromatic rings. The lowest BCUT2D eigenvalue weighted by atomic mass is 9.87. The van der Waals surface area contributed by atoms with Gasteiger partial charge in [0.05, 0.1) is 18.3 Å². The van der Waals surface area contributed by atoms with Crippen LogP contribution in [0.15, 0.2) is 48.7 Å². The van der Waals surface area contributed by atoms with Gasteiger partial charge >= 0.3 is 0 Å². The number of fused-ring (bicyclic) bond motifs is 1. The quantitative estimate of drug-likeness (QED) is 0.410. The Bertz CT molecular complexity index is 1550. The predicted octanol–water partition coefficient (Wildman–Crippen LogP) is 4.88. The van der Waals surface area contributed by atoms with Crippen molar-refractivity contribution in [1.82, 2.24) is 20.1 Å². The molecule has 4 rings (SSSR count). The predicted molar refractivity (Wildman–Crippen MR) is 144 cm³/mol. The normalized spacial score (nSPS) is 11.3. The number of benzene rings is 2. The lowest BCUT2D eigenvalue weighted by Gasteiger charge is -2.19. The topological polar surface area (TPSA) is 113 Å². The van der Waals surface area contributed by atoms with Crippen LogP contribution in [0.5, 0.6) is 0 Å². The second-order valence-electron chi connectivity index (χ2n) is 10.3. The van der Waals surface area contributed by atoms with Gasteiger partial charge in [-0.25, -0.2) is 4.98 Å². The Morgan fingerprint density at radius 3 is 2.38 bits per heavy atom. The van der Waals surface area contributed by atoms with Crippen LogP contribution < -0.4 is 10.6 Å². The minimum absolute atomic E-state index is 0.0215. The Labute approximate surface area is 216 Å². The summed E-state index contributed by atoms with van der Waals surface area (Å²) in [4.78, 5) is 30.1. The molecule has 0 spiro atoms. The van der Waals surface area contributed by atoms with E-state index in [1.54, 1.807) is 12.1 Å². The van der Waals surface area contributed by atoms with E-state index >= 15 is 0 Å². The number of nitrogens with zero attached hydrogens (tertiary/aromatic N) is 4. The highest BCUT2D eigenvalue weighted by Gasteiger charge is 2.19. The first-order valence-electron chi connectivity index (χ1n) is 12.0. The number of carbonyl (C=O) groups is 2. The molecule has 2 heterocycles. The Hall–Kier alpha value is -4.51. The van der Waals surface area contributed by atoms with Crippen LogP contribution in [0.2, 0.25) is 0 Å². The van der Waals surface area contributed by atoms with E-state index < -0.39 is 5.91 Å². The number of anilines is 1. The Morgan fingerprint density at radius 2 is 1.73 bits per heavy atom. The number of rotatable bonds is 5. The van der Waals surface area contributed by atoms with Gasteiger partial charge in [0.25, 0.3) is 5.91 Å². The minimum atomic E-state index is -0.484. The van der Waals surface area contributed by atoms with Crippen LogP contribution in [0.25, 0.3) is 16.7 Å². The van der Waals surface area contributed by atoms with Gasteiger partial charge in [0.1, 0.15) is 11.6 Å². The number of hydrogen-bond donors (Lipinski definition) is 2. The first kappa shape index (κ1) is 25.6. The minimum Gasteiger partial charge on any atom is -0.343 e. The number of carbonyl (C=O) groups excluding carboxylic acids is 2. The molecule has 0 saturated carbocycles. The van der Waals surface area contributed by atoms with Crippen molar-refractivity contribution in [2.24, 2.45) is 0 Å². The molecule has 0 aliphatic heterocycles. The maximum absolute atomic E-state index is 12.8. The van der Waals surface area contributed by atoms with E-state index in [0.29, 0.717) is 11.4 Å². The van der Waals surface area contributed by atoms with E-state index in [1.807, 2.05) is 39.0 Å². The van der Waals surface area contributed by atoms with E-state index in [9.17, 15) is 14.9 Å². The summed E-state index contributed by atoms with van der Waals surface area (Å²) in [5.74, 6) is -0.159. The van der Waals surface area contributed by atoms with Crippen LogP contribution in [0.3, 0.4) is 0 Å². The van der Waals surface area contributed by atoms with Crippen LogP contribution in [0.1, 0.15) is 58.9 Å². The third-order valence-electron chi connectivity index (χ3n) is 6.23. The monoisotopic (exact) mass is 494 g/mol. The van der Waals surface area contributed by atoms with Crippen molar-refractivity contribution in [3.63, 3.8) is 0 Å². The summed E-state index contributed by atoms with van der Waals surface area (Å²) < 4.78 is 1.44. The molecule has 0 bridgehead atoms. The molecule has 0 unspecified atom stereocenters. The first-order valence-corrected chi connectivity index (χ1v) is 12.0. The zero-order valence-electron chi connectivity index (χ0n) is 21.9. The molecule has 37 heavy (non-hydrogen) atoms. The molecule has 0 fully saturated rings. The largest absolute Gasteiger partial charge is 0.343 e. The first-order chi connectivity index (χ1) is 17.5. The van der Waals surface area contributed by atoms with Gasteiger partial charge in [-0.2, -0.15) is 15.0 Å². The molecular weight excluding hydrogens is 464 g/mol. The highest BCUT2D eigenvalue weighted by molar-refractivity contribution is 5.99. The average Bonchev–Trinajstić information content (AvgIpc) is 3.25. The number of nitriles is 1. The molecule has 0 saturated heterocycles. The zero-order valence-corrected chi connectivity index (χ0v) is 21.9. The molecular formula is C29H30N6O2. The fourth-order valence-electron chi connectivity index (χ4n) is 4.22. The smallest absolute Gasteiger partial charge is 0.251 e. The SMILES string of the molecule is Cc1cc(C)c2nc(-n3ncc(C#N)c3NC(=O)CNC(=O)c3ccc(C(C)(C)C)cc3)cc(C)c2c1. The Morgan fingerprint density at radius 1 is 1.03 bits per heavy atom. The van der Waals surface area contributed by atoms with Crippen molar-refractivity contribution in [3.8, 4) is 11.9 Å². The van der Waals surface area contributed by atoms with Gasteiger partial charge in [-0.15, -0.1) is 0 Å². The van der Waals surface area contributed by atoms with E-state index in [-0.39, 0.29) is 29.2 Å². The highest BCUT2D eigenvalue weighted by Crippen LogP contribution is 2.26. The molecule has 2 aromatic heterocycles. The maximum Gasteiger partial charge on any atom is 0.251 e. The molecule has 0 radical (unpaired) electrons. The molecule has 2 aromatic carbocycles. The molecule has 2 N–H and O–H groups in total. The van der Waals surface area contributed by atoms with Crippen LogP contribution in [-0.2, 0) is 10.2 Å². The van der Waals surface area contributed by atoms with Crippen molar-refractivity contribution < 1.29 is 9.59 Å². The summed E-state index contributed by atoms with van der Waals surface area (Å²) in [6.07, 6.45) is 1.38. The number of aromatic nitrogens is 3. The molecule has 0 aliphatic rings. The van der Waals surface area contributed by atoms with Crippen molar-refractivity contribution in [2.75, 3.05) is 11.9 Å². The van der Waals surface area contributed by atoms with Gasteiger partial charge in [0.2, 0.25) is 5.91 Å². The summed E-state index contributed by atoms with van der Waals surface area (Å²) in [5, 5.41) is 20.3. The summed E-state index contributed by atoms with van der Waals surface area (Å²) >= 11 is 0. The van der Waals surface area contributed by atoms with E-state index in [2.05, 4.69) is 54.7 Å². The van der Waals surface area contributed by atoms with Crippen molar-refractivity contribution in [3.05, 3.63) is 82.0 Å². The number of nitrogens with one attached hydrogen (secondary N) is 2. The van der Waals surface area contributed by atoms with Crippen molar-refractivity contribution >= 4 is 28.5 Å². The fourth-order valence-corrected chi connectivity index (χ4v) is 4.22. The molecule has 0 aliphatic carbocycles. The van der Waals surface area contributed by atoms with Gasteiger partial charge in [-0.1, -0.05) is 44.5 Å². The number of hydrogen-bond acceptors (Lipinski definition) is 5. The molecule has 2 amide bonds. The van der Waals surface area contributed by atoms with E-state index in [0.717, 1.165) is 33.2 Å². The van der Waals surface area contributed by atoms with Gasteiger partial charge in [-0.05, 0) is 67.1 Å². The number of pyridine rings is 1. The van der Waals surface area contributed by atoms with E-state index in [4.69, 9.17) is 4.98 Å². The Kier molecular flexibility index (Phi) is 6.82. The number of amides is 2. The number of aryl methyl sites for hydroxylation is 3. The highest BCUT2D eigenvalue weighted by atomic mass is 16.2. The Balaban J connectivity index is 1.54. The summed E-state index contributed by atoms with van der Waals surface area (Å²) in [7, 11) is 0. The second kappa shape index (κ2) is 9.86. The average molecular weight is 495 g/mol. The van der Waals surface area contributed by atoms with Gasteiger partial charge < -0.3 is 10.6 Å². The van der Waals surface area contributed by atoms with Crippen molar-refractivity contribution in [2.45, 2.75) is 47.0 Å². The van der Waals surface area contributed by atoms with Gasteiger partial charge in [-0.3, -0.25) is 9.59 Å². The van der Waals surface area contributed by atoms with Crippen LogP contribution in [0.4, 0.5) is 5.82 Å². The third kappa shape index (κ3) is 5.36. The lowest BCUT2D eigenvalue weighted by Crippen LogP contribution is -2.33. The third-order valence-corrected chi connectivity index (χ3v) is 6.23. The molecule has 8 nitrogen and oxygen atoms in total. The second-order valence-corrected chi connectivity index (χ2v) is 10.3. The van der Waals surface area contributed by atoms with E-state index in [1.165, 1.54) is 10.9 Å². The molecule has 0 atom stereocenters. The van der Waals surface area contributed by atoms with Crippen molar-refractivity contribution in [1.29, 1.82) is 5.26 Å². The lowest BCUT2D eigenvalue weighted by molar-refractivity contribution is -0.115. The fraction of sp³-hybridized carbons (Fsp3) is 0.276. The summed E-state index contributed by atoms with van der Waals surface area (Å²) in [5.41, 5.74) is 5.75. The van der Waals surface area contributed by atoms with Gasteiger partial charge in [0.15, 0.2) is 11.6 Å². The summed E-state index contributed by atoms with van der Waals surface area (Å²) in [6.45, 7) is 12.1. The van der Waals surface area contributed by atoms with Crippen LogP contribution >= 0.6 is 0 Å².